The molecule has 5 heteroatoms. The zero-order valence-electron chi connectivity index (χ0n) is 14.8. The number of imidazole rings is 1. The number of hydrogen-bond donors (Lipinski definition) is 1. The molecule has 1 fully saturated rings. The molecule has 0 spiro atoms. The first-order valence-electron chi connectivity index (χ1n) is 9.10. The Labute approximate surface area is 149 Å². The molecule has 3 rings (SSSR count). The SMILES string of the molecule is Cn1cncc1CN(CCO)C(=O)C(c1ccccc1)C1CCCC1. The maximum absolute atomic E-state index is 13.4. The Morgan fingerprint density at radius 3 is 2.64 bits per heavy atom. The molecule has 1 saturated carbocycles. The van der Waals surface area contributed by atoms with Crippen LogP contribution in [0.4, 0.5) is 0 Å². The molecular formula is C20H27N3O2. The number of nitrogens with zero attached hydrogens (tertiary/aromatic N) is 3. The fourth-order valence-electron chi connectivity index (χ4n) is 3.88. The first kappa shape index (κ1) is 17.7. The lowest BCUT2D eigenvalue weighted by molar-refractivity contribution is -0.135. The molecule has 1 aliphatic carbocycles. The van der Waals surface area contributed by atoms with E-state index in [2.05, 4.69) is 17.1 Å². The van der Waals surface area contributed by atoms with E-state index in [0.717, 1.165) is 24.1 Å². The van der Waals surface area contributed by atoms with E-state index >= 15 is 0 Å². The molecule has 5 nitrogen and oxygen atoms in total. The van der Waals surface area contributed by atoms with Crippen molar-refractivity contribution >= 4 is 5.91 Å². The van der Waals surface area contributed by atoms with Crippen LogP contribution in [0.25, 0.3) is 0 Å². The molecule has 2 aromatic rings. The number of hydrogen-bond acceptors (Lipinski definition) is 3. The number of aliphatic hydroxyl groups is 1. The van der Waals surface area contributed by atoms with E-state index in [0.29, 0.717) is 19.0 Å². The molecule has 0 bridgehead atoms. The second-order valence-electron chi connectivity index (χ2n) is 6.91. The van der Waals surface area contributed by atoms with E-state index < -0.39 is 0 Å². The first-order valence-corrected chi connectivity index (χ1v) is 9.10. The summed E-state index contributed by atoms with van der Waals surface area (Å²) in [5, 5.41) is 9.48. The molecule has 1 heterocycles. The van der Waals surface area contributed by atoms with Gasteiger partial charge in [-0.15, -0.1) is 0 Å². The summed E-state index contributed by atoms with van der Waals surface area (Å²) in [7, 11) is 1.93. The zero-order valence-corrected chi connectivity index (χ0v) is 14.8. The van der Waals surface area contributed by atoms with E-state index in [1.807, 2.05) is 29.8 Å². The van der Waals surface area contributed by atoms with Gasteiger partial charge in [-0.25, -0.2) is 4.98 Å². The first-order chi connectivity index (χ1) is 12.2. The largest absolute Gasteiger partial charge is 0.395 e. The van der Waals surface area contributed by atoms with Crippen molar-refractivity contribution in [3.63, 3.8) is 0 Å². The average Bonchev–Trinajstić information content (AvgIpc) is 3.28. The Morgan fingerprint density at radius 1 is 1.32 bits per heavy atom. The van der Waals surface area contributed by atoms with Gasteiger partial charge in [-0.2, -0.15) is 0 Å². The Bertz CT molecular complexity index is 677. The lowest BCUT2D eigenvalue weighted by Crippen LogP contribution is -2.39. The standard InChI is InChI=1S/C20H27N3O2/c1-22-15-21-13-18(22)14-23(11-12-24)20(25)19(17-9-5-6-10-17)16-7-3-2-4-8-16/h2-4,7-8,13,15,17,19,24H,5-6,9-12,14H2,1H3. The van der Waals surface area contributed by atoms with Crippen molar-refractivity contribution in [3.05, 3.63) is 54.1 Å². The molecule has 25 heavy (non-hydrogen) atoms. The topological polar surface area (TPSA) is 58.4 Å². The number of carbonyl (C=O) groups is 1. The van der Waals surface area contributed by atoms with Crippen LogP contribution in [-0.2, 0) is 18.4 Å². The summed E-state index contributed by atoms with van der Waals surface area (Å²) in [5.74, 6) is 0.388. The lowest BCUT2D eigenvalue weighted by atomic mass is 9.83. The van der Waals surface area contributed by atoms with Crippen LogP contribution in [-0.4, -0.2) is 38.6 Å². The highest BCUT2D eigenvalue weighted by Gasteiger charge is 2.34. The van der Waals surface area contributed by atoms with Crippen LogP contribution in [0, 0.1) is 5.92 Å². The zero-order chi connectivity index (χ0) is 17.6. The van der Waals surface area contributed by atoms with Gasteiger partial charge in [0.1, 0.15) is 0 Å². The minimum Gasteiger partial charge on any atom is -0.395 e. The average molecular weight is 341 g/mol. The van der Waals surface area contributed by atoms with Crippen LogP contribution in [0.15, 0.2) is 42.9 Å². The summed E-state index contributed by atoms with van der Waals surface area (Å²) >= 11 is 0. The van der Waals surface area contributed by atoms with Gasteiger partial charge < -0.3 is 14.6 Å². The molecule has 0 radical (unpaired) electrons. The fraction of sp³-hybridized carbons (Fsp3) is 0.500. The molecule has 1 amide bonds. The quantitative estimate of drug-likeness (QED) is 0.842. The predicted octanol–water partition coefficient (Wildman–Crippen LogP) is 2.72. The molecule has 1 aromatic heterocycles. The number of rotatable bonds is 7. The highest BCUT2D eigenvalue weighted by molar-refractivity contribution is 5.84. The maximum atomic E-state index is 13.4. The highest BCUT2D eigenvalue weighted by atomic mass is 16.3. The number of aliphatic hydroxyl groups excluding tert-OH is 1. The van der Waals surface area contributed by atoms with Crippen LogP contribution in [0.2, 0.25) is 0 Å². The van der Waals surface area contributed by atoms with Crippen molar-refractivity contribution in [2.24, 2.45) is 13.0 Å². The molecule has 1 unspecified atom stereocenters. The van der Waals surface area contributed by atoms with Gasteiger partial charge in [-0.1, -0.05) is 43.2 Å². The van der Waals surface area contributed by atoms with Gasteiger partial charge in [0.05, 0.1) is 31.1 Å². The summed E-state index contributed by atoms with van der Waals surface area (Å²) in [6.45, 7) is 0.793. The third-order valence-electron chi connectivity index (χ3n) is 5.25. The van der Waals surface area contributed by atoms with Gasteiger partial charge in [0.15, 0.2) is 0 Å². The molecular weight excluding hydrogens is 314 g/mol. The molecule has 0 aliphatic heterocycles. The van der Waals surface area contributed by atoms with E-state index in [9.17, 15) is 9.90 Å². The minimum atomic E-state index is -0.122. The fourth-order valence-corrected chi connectivity index (χ4v) is 3.88. The Hall–Kier alpha value is -2.14. The number of amides is 1. The lowest BCUT2D eigenvalue weighted by Gasteiger charge is -2.30. The van der Waals surface area contributed by atoms with E-state index in [1.165, 1.54) is 12.8 Å². The summed E-state index contributed by atoms with van der Waals surface area (Å²) in [6.07, 6.45) is 8.12. The summed E-state index contributed by atoms with van der Waals surface area (Å²) in [6, 6.07) is 10.1. The Balaban J connectivity index is 1.86. The number of aryl methyl sites for hydroxylation is 1. The van der Waals surface area contributed by atoms with Crippen molar-refractivity contribution in [1.82, 2.24) is 14.5 Å². The van der Waals surface area contributed by atoms with Crippen LogP contribution >= 0.6 is 0 Å². The van der Waals surface area contributed by atoms with Crippen molar-refractivity contribution in [1.29, 1.82) is 0 Å². The number of aromatic nitrogens is 2. The second-order valence-corrected chi connectivity index (χ2v) is 6.91. The van der Waals surface area contributed by atoms with E-state index in [-0.39, 0.29) is 18.4 Å². The molecule has 1 N–H and O–H groups in total. The second kappa shape index (κ2) is 8.30. The van der Waals surface area contributed by atoms with Gasteiger partial charge in [-0.05, 0) is 24.3 Å². The monoisotopic (exact) mass is 341 g/mol. The molecule has 1 aromatic carbocycles. The van der Waals surface area contributed by atoms with Crippen LogP contribution in [0.1, 0.15) is 42.9 Å². The van der Waals surface area contributed by atoms with Crippen molar-refractivity contribution in [2.45, 2.75) is 38.1 Å². The maximum Gasteiger partial charge on any atom is 0.230 e. The predicted molar refractivity (Wildman–Crippen MR) is 96.9 cm³/mol. The normalized spacial score (nSPS) is 16.1. The smallest absolute Gasteiger partial charge is 0.230 e. The van der Waals surface area contributed by atoms with Crippen LogP contribution in [0.5, 0.6) is 0 Å². The van der Waals surface area contributed by atoms with Crippen molar-refractivity contribution in [3.8, 4) is 0 Å². The van der Waals surface area contributed by atoms with Gasteiger partial charge >= 0.3 is 0 Å². The minimum absolute atomic E-state index is 0.0320. The molecule has 0 saturated heterocycles. The summed E-state index contributed by atoms with van der Waals surface area (Å²) < 4.78 is 1.92. The van der Waals surface area contributed by atoms with Crippen molar-refractivity contribution in [2.75, 3.05) is 13.2 Å². The van der Waals surface area contributed by atoms with Crippen LogP contribution in [0.3, 0.4) is 0 Å². The summed E-state index contributed by atoms with van der Waals surface area (Å²) in [4.78, 5) is 19.4. The molecule has 1 aliphatic rings. The van der Waals surface area contributed by atoms with Gasteiger partial charge in [0.2, 0.25) is 5.91 Å². The number of carbonyl (C=O) groups excluding carboxylic acids is 1. The molecule has 1 atom stereocenters. The Morgan fingerprint density at radius 2 is 2.04 bits per heavy atom. The van der Waals surface area contributed by atoms with Gasteiger partial charge in [-0.3, -0.25) is 4.79 Å². The van der Waals surface area contributed by atoms with E-state index in [1.54, 1.807) is 17.4 Å². The van der Waals surface area contributed by atoms with Gasteiger partial charge in [0, 0.05) is 19.8 Å². The molecule has 134 valence electrons. The van der Waals surface area contributed by atoms with E-state index in [4.69, 9.17) is 0 Å². The highest BCUT2D eigenvalue weighted by Crippen LogP contribution is 2.38. The third kappa shape index (κ3) is 4.10. The van der Waals surface area contributed by atoms with Gasteiger partial charge in [0.25, 0.3) is 0 Å². The summed E-state index contributed by atoms with van der Waals surface area (Å²) in [5.41, 5.74) is 2.06. The Kier molecular flexibility index (Phi) is 5.87. The van der Waals surface area contributed by atoms with Crippen LogP contribution < -0.4 is 0 Å². The third-order valence-corrected chi connectivity index (χ3v) is 5.25. The van der Waals surface area contributed by atoms with Crippen molar-refractivity contribution < 1.29 is 9.90 Å². The number of benzene rings is 1.